The van der Waals surface area contributed by atoms with Gasteiger partial charge < -0.3 is 0 Å². The van der Waals surface area contributed by atoms with E-state index in [0.29, 0.717) is 0 Å². The summed E-state index contributed by atoms with van der Waals surface area (Å²) in [5.74, 6) is -0.161. The first-order valence-corrected chi connectivity index (χ1v) is 36.9. The molecule has 0 aliphatic carbocycles. The third-order valence-electron chi connectivity index (χ3n) is 8.68. The minimum atomic E-state index is -1.39. The monoisotopic (exact) mass is 1110 g/mol. The van der Waals surface area contributed by atoms with Gasteiger partial charge in [0, 0.05) is 48.8 Å². The van der Waals surface area contributed by atoms with Crippen LogP contribution in [0.25, 0.3) is 39.0 Å². The van der Waals surface area contributed by atoms with E-state index in [1.807, 2.05) is 76.5 Å². The minimum Gasteiger partial charge on any atom is -0.247 e. The number of thiophene rings is 8. The Bertz CT molecular complexity index is 2520. The summed E-state index contributed by atoms with van der Waals surface area (Å²) in [5, 5.41) is 7.36. The van der Waals surface area contributed by atoms with Crippen molar-refractivity contribution in [2.24, 2.45) is 0 Å². The minimum absolute atomic E-state index is 0. The quantitative estimate of drug-likeness (QED) is 0.0501. The first-order chi connectivity index (χ1) is 29.0. The van der Waals surface area contributed by atoms with Gasteiger partial charge in [0.05, 0.1) is 34.0 Å². The van der Waals surface area contributed by atoms with Crippen LogP contribution in [0.3, 0.4) is 0 Å². The molecule has 0 aliphatic rings. The zero-order valence-corrected chi connectivity index (χ0v) is 55.4. The number of carbonyl (C=O) groups is 1. The summed E-state index contributed by atoms with van der Waals surface area (Å²) in [7, 11) is -3.62. The van der Waals surface area contributed by atoms with Crippen molar-refractivity contribution in [3.8, 4) is 39.0 Å². The van der Waals surface area contributed by atoms with E-state index in [9.17, 15) is 8.78 Å². The molecule has 0 aliphatic heterocycles. The maximum absolute atomic E-state index is 13.9. The molecule has 18 heteroatoms. The van der Waals surface area contributed by atoms with Gasteiger partial charge in [-0.15, -0.1) is 90.7 Å². The van der Waals surface area contributed by atoms with Crippen molar-refractivity contribution >= 4 is 135 Å². The van der Waals surface area contributed by atoms with Gasteiger partial charge in [-0.05, 0) is 119 Å². The summed E-state index contributed by atoms with van der Waals surface area (Å²) in [4.78, 5) is 26.5. The number of hydrogen-bond acceptors (Lipinski definition) is 10. The Kier molecular flexibility index (Phi) is 26.7. The summed E-state index contributed by atoms with van der Waals surface area (Å²) < 4.78 is 31.4. The maximum Gasteiger partial charge on any atom is 1.00 e. The Balaban J connectivity index is 0.000000283. The molecule has 332 valence electrons. The summed E-state index contributed by atoms with van der Waals surface area (Å²) >= 11 is 14.1. The Morgan fingerprint density at radius 2 is 0.781 bits per heavy atom. The average Bonchev–Trinajstić information content (AvgIpc) is 4.02. The van der Waals surface area contributed by atoms with Crippen molar-refractivity contribution in [3.63, 3.8) is 0 Å². The Morgan fingerprint density at radius 3 is 1.05 bits per heavy atom. The molecule has 8 rings (SSSR count). The van der Waals surface area contributed by atoms with E-state index in [-0.39, 0.29) is 121 Å². The maximum atomic E-state index is 13.9. The van der Waals surface area contributed by atoms with Gasteiger partial charge in [-0.2, -0.15) is 4.89 Å². The Hall–Kier alpha value is 0.813. The van der Waals surface area contributed by atoms with Crippen LogP contribution in [0.2, 0.25) is 58.9 Å². The van der Waals surface area contributed by atoms with Crippen LogP contribution in [0, 0.1) is 39.3 Å². The van der Waals surface area contributed by atoms with Crippen molar-refractivity contribution in [3.05, 3.63) is 121 Å². The van der Waals surface area contributed by atoms with E-state index in [1.54, 1.807) is 54.5 Å². The number of carbonyl (C=O) groups excluding carboxylic acids is 1. The third kappa shape index (κ3) is 19.2. The van der Waals surface area contributed by atoms with Crippen LogP contribution in [0.5, 0.6) is 0 Å². The van der Waals surface area contributed by atoms with Crippen LogP contribution < -0.4 is 116 Å². The predicted molar refractivity (Wildman–Crippen MR) is 289 cm³/mol. The second-order valence-corrected chi connectivity index (χ2v) is 42.8. The molecular formula is C46H57F2K2O3S8Si3+3. The second kappa shape index (κ2) is 28.0. The number of hydrogen-bond donors (Lipinski definition) is 0. The first-order valence-electron chi connectivity index (χ1n) is 19.8. The fraction of sp³-hybridized carbons (Fsp3) is 0.283. The second-order valence-electron chi connectivity index (χ2n) is 17.3. The van der Waals surface area contributed by atoms with Crippen molar-refractivity contribution in [2.75, 3.05) is 0 Å². The standard InChI is InChI=1S/C12H15FS2Si.2C12H16S2Si.C9H7FS2.CH2O3.2K/c1-8-5-6-10(14-8)12-9(13)7-11(15-12)16(2,3)4;2*1-9-5-6-10(13-9)11-7-8-12(14-11)15(2,3)4;1-6-2-3-8(12-6)9-7(10)4-5-11-9;2-1-4-3;;/h5-7H,1-4H3;2*5-8H,1-4H3;2-5H,1H3;1,3H;;/q;;;;;2*+1/p+1. The molecule has 3 nitrogen and oxygen atoms in total. The summed E-state index contributed by atoms with van der Waals surface area (Å²) in [6.45, 7) is 29.6. The molecule has 0 amide bonds. The average molecular weight is 1110 g/mol. The van der Waals surface area contributed by atoms with Gasteiger partial charge in [0.2, 0.25) is 0 Å². The van der Waals surface area contributed by atoms with Crippen LogP contribution in [-0.4, -0.2) is 36.0 Å². The molecule has 0 aromatic carbocycles. The molecule has 0 atom stereocenters. The van der Waals surface area contributed by atoms with E-state index in [4.69, 9.17) is 10.1 Å². The van der Waals surface area contributed by atoms with Crippen molar-refractivity contribution < 1.29 is 126 Å². The van der Waals surface area contributed by atoms with E-state index in [1.165, 1.54) is 60.9 Å². The van der Waals surface area contributed by atoms with E-state index >= 15 is 0 Å². The first kappa shape index (κ1) is 60.9. The Morgan fingerprint density at radius 1 is 0.453 bits per heavy atom. The zero-order chi connectivity index (χ0) is 46.0. The summed E-state index contributed by atoms with van der Waals surface area (Å²) in [5.41, 5.74) is 0. The van der Waals surface area contributed by atoms with Crippen LogP contribution in [0.1, 0.15) is 19.5 Å². The van der Waals surface area contributed by atoms with Crippen LogP contribution in [-0.2, 0) is 9.68 Å². The van der Waals surface area contributed by atoms with Gasteiger partial charge in [-0.1, -0.05) is 71.1 Å². The summed E-state index contributed by atoms with van der Waals surface area (Å²) in [6, 6.07) is 29.4. The molecule has 8 aromatic rings. The van der Waals surface area contributed by atoms with Crippen LogP contribution in [0.15, 0.2) is 90.3 Å². The molecule has 0 unspecified atom stereocenters. The zero-order valence-electron chi connectivity index (χ0n) is 39.6. The third-order valence-corrected chi connectivity index (χ3v) is 28.4. The molecule has 8 heterocycles. The van der Waals surface area contributed by atoms with E-state index < -0.39 is 24.2 Å². The number of aryl methyl sites for hydroxylation is 4. The van der Waals surface area contributed by atoms with E-state index in [2.05, 4.69) is 133 Å². The SMILES string of the molecule is Cc1ccc(-c2ccc([Si](C)(C)C)s2)s1.Cc1ccc(-c2ccc([Si](C)(C)C)s2)s1.Cc1ccc(-c2sc([Si](C)(C)C)cc2F)s1.Cc1ccc(-c2sccc2F)s1.O=CO[OH2+].[K+].[K+]. The van der Waals surface area contributed by atoms with Crippen LogP contribution in [0.4, 0.5) is 8.78 Å². The molecule has 0 saturated heterocycles. The molecule has 8 aromatic heterocycles. The normalized spacial score (nSPS) is 10.9. The topological polar surface area (TPSA) is 49.2 Å². The largest absolute Gasteiger partial charge is 1.00 e. The smallest absolute Gasteiger partial charge is 0.247 e. The molecule has 64 heavy (non-hydrogen) atoms. The van der Waals surface area contributed by atoms with Gasteiger partial charge in [0.25, 0.3) is 0 Å². The number of halogens is 2. The van der Waals surface area contributed by atoms with Crippen LogP contribution >= 0.6 is 90.7 Å². The number of rotatable bonds is 8. The van der Waals surface area contributed by atoms with Crippen molar-refractivity contribution in [1.82, 2.24) is 0 Å². The van der Waals surface area contributed by atoms with Gasteiger partial charge >= 0.3 is 109 Å². The fourth-order valence-electron chi connectivity index (χ4n) is 5.37. The summed E-state index contributed by atoms with van der Waals surface area (Å²) in [6.07, 6.45) is 0. The molecule has 0 radical (unpaired) electrons. The Labute approximate surface area is 499 Å². The van der Waals surface area contributed by atoms with Gasteiger partial charge in [-0.3, -0.25) is 0 Å². The van der Waals surface area contributed by atoms with Crippen molar-refractivity contribution in [1.29, 1.82) is 0 Å². The molecule has 0 saturated carbocycles. The van der Waals surface area contributed by atoms with Crippen molar-refractivity contribution in [2.45, 2.75) is 86.6 Å². The molecule has 0 fully saturated rings. The molecule has 0 bridgehead atoms. The van der Waals surface area contributed by atoms with E-state index in [0.717, 1.165) is 19.5 Å². The molecule has 0 spiro atoms. The predicted octanol–water partition coefficient (Wildman–Crippen LogP) is 9.86. The van der Waals surface area contributed by atoms with Gasteiger partial charge in [0.1, 0.15) is 11.6 Å². The molecule has 2 N–H and O–H groups in total. The van der Waals surface area contributed by atoms with Gasteiger partial charge in [0.15, 0.2) is 0 Å². The fourth-order valence-corrected chi connectivity index (χ4v) is 18.7. The molecular weight excluding hydrogens is 1060 g/mol. The van der Waals surface area contributed by atoms with Gasteiger partial charge in [-0.25, -0.2) is 18.8 Å².